The van der Waals surface area contributed by atoms with E-state index in [4.69, 9.17) is 10.5 Å². The maximum atomic E-state index is 11.9. The largest absolute Gasteiger partial charge is 0.459 e. The van der Waals surface area contributed by atoms with Crippen LogP contribution in [0.1, 0.15) is 53.4 Å². The molecular formula is C15H30N2O2. The summed E-state index contributed by atoms with van der Waals surface area (Å²) in [4.78, 5) is 14.1. The Morgan fingerprint density at radius 1 is 1.47 bits per heavy atom. The first kappa shape index (κ1) is 16.4. The Bertz CT molecular complexity index is 312. The highest BCUT2D eigenvalue weighted by Crippen LogP contribution is 2.35. The van der Waals surface area contributed by atoms with Gasteiger partial charge >= 0.3 is 5.97 Å². The number of nitrogens with two attached hydrogens (primary N) is 1. The number of hydrogen-bond acceptors (Lipinski definition) is 4. The van der Waals surface area contributed by atoms with Crippen molar-refractivity contribution in [3.8, 4) is 0 Å². The van der Waals surface area contributed by atoms with Gasteiger partial charge < -0.3 is 10.5 Å². The molecule has 2 atom stereocenters. The average molecular weight is 270 g/mol. The summed E-state index contributed by atoms with van der Waals surface area (Å²) < 4.78 is 5.39. The standard InChI is InChI=1S/C15H30N2O2/c1-12-7-6-8-15(9-12,11-16)17(5)10-13(18)19-14(2,3)4/h12H,6-11,16H2,1-5H3. The number of hydrogen-bond donors (Lipinski definition) is 1. The fraction of sp³-hybridized carbons (Fsp3) is 0.933. The van der Waals surface area contributed by atoms with E-state index in [-0.39, 0.29) is 11.5 Å². The van der Waals surface area contributed by atoms with Crippen LogP contribution in [-0.2, 0) is 9.53 Å². The highest BCUT2D eigenvalue weighted by atomic mass is 16.6. The van der Waals surface area contributed by atoms with Crippen molar-refractivity contribution in [3.63, 3.8) is 0 Å². The summed E-state index contributed by atoms with van der Waals surface area (Å²) in [6.07, 6.45) is 4.61. The van der Waals surface area contributed by atoms with Gasteiger partial charge in [-0.15, -0.1) is 0 Å². The Kier molecular flexibility index (Phi) is 5.39. The summed E-state index contributed by atoms with van der Waals surface area (Å²) in [7, 11) is 1.99. The van der Waals surface area contributed by atoms with Crippen LogP contribution < -0.4 is 5.73 Å². The van der Waals surface area contributed by atoms with Gasteiger partial charge in [0.25, 0.3) is 0 Å². The van der Waals surface area contributed by atoms with E-state index in [0.717, 1.165) is 12.8 Å². The fourth-order valence-corrected chi connectivity index (χ4v) is 3.06. The van der Waals surface area contributed by atoms with Gasteiger partial charge in [0, 0.05) is 12.1 Å². The third kappa shape index (κ3) is 4.77. The number of ether oxygens (including phenoxy) is 1. The molecule has 0 saturated heterocycles. The average Bonchev–Trinajstić information content (AvgIpc) is 2.25. The molecule has 0 aromatic carbocycles. The first-order chi connectivity index (χ1) is 8.68. The lowest BCUT2D eigenvalue weighted by Crippen LogP contribution is -2.56. The van der Waals surface area contributed by atoms with Crippen LogP contribution in [-0.4, -0.2) is 42.1 Å². The summed E-state index contributed by atoms with van der Waals surface area (Å²) >= 11 is 0. The number of carbonyl (C=O) groups is 1. The lowest BCUT2D eigenvalue weighted by molar-refractivity contribution is -0.157. The minimum atomic E-state index is -0.423. The van der Waals surface area contributed by atoms with Crippen molar-refractivity contribution in [3.05, 3.63) is 0 Å². The number of esters is 1. The third-order valence-electron chi connectivity index (χ3n) is 4.04. The summed E-state index contributed by atoms with van der Waals surface area (Å²) in [5, 5.41) is 0. The summed E-state index contributed by atoms with van der Waals surface area (Å²) in [6, 6.07) is 0. The molecule has 4 nitrogen and oxygen atoms in total. The van der Waals surface area contributed by atoms with Gasteiger partial charge in [-0.05, 0) is 46.6 Å². The molecule has 0 heterocycles. The third-order valence-corrected chi connectivity index (χ3v) is 4.04. The Morgan fingerprint density at radius 2 is 2.11 bits per heavy atom. The molecule has 0 radical (unpaired) electrons. The second-order valence-electron chi connectivity index (χ2n) is 7.07. The molecule has 4 heteroatoms. The molecule has 19 heavy (non-hydrogen) atoms. The number of rotatable bonds is 4. The summed E-state index contributed by atoms with van der Waals surface area (Å²) in [5.74, 6) is 0.513. The van der Waals surface area contributed by atoms with E-state index in [0.29, 0.717) is 19.0 Å². The van der Waals surface area contributed by atoms with Crippen LogP contribution in [0.5, 0.6) is 0 Å². The lowest BCUT2D eigenvalue weighted by Gasteiger charge is -2.45. The highest BCUT2D eigenvalue weighted by molar-refractivity contribution is 5.72. The fourth-order valence-electron chi connectivity index (χ4n) is 3.06. The minimum Gasteiger partial charge on any atom is -0.459 e. The van der Waals surface area contributed by atoms with Crippen LogP contribution in [0.2, 0.25) is 0 Å². The molecule has 1 aliphatic rings. The zero-order valence-corrected chi connectivity index (χ0v) is 13.2. The molecule has 0 bridgehead atoms. The van der Waals surface area contributed by atoms with E-state index in [1.165, 1.54) is 12.8 Å². The lowest BCUT2D eigenvalue weighted by atomic mass is 9.75. The van der Waals surface area contributed by atoms with Crippen LogP contribution in [0.25, 0.3) is 0 Å². The molecule has 0 aromatic rings. The van der Waals surface area contributed by atoms with Gasteiger partial charge in [0.2, 0.25) is 0 Å². The van der Waals surface area contributed by atoms with Crippen LogP contribution in [0.3, 0.4) is 0 Å². The summed E-state index contributed by atoms with van der Waals surface area (Å²) in [5.41, 5.74) is 5.55. The van der Waals surface area contributed by atoms with Crippen LogP contribution >= 0.6 is 0 Å². The maximum Gasteiger partial charge on any atom is 0.320 e. The number of carbonyl (C=O) groups excluding carboxylic acids is 1. The predicted octanol–water partition coefficient (Wildman–Crippen LogP) is 2.17. The number of likely N-dealkylation sites (N-methyl/N-ethyl adjacent to an activating group) is 1. The van der Waals surface area contributed by atoms with Crippen molar-refractivity contribution in [2.75, 3.05) is 20.1 Å². The van der Waals surface area contributed by atoms with E-state index >= 15 is 0 Å². The smallest absolute Gasteiger partial charge is 0.320 e. The van der Waals surface area contributed by atoms with Gasteiger partial charge in [-0.25, -0.2) is 0 Å². The highest BCUT2D eigenvalue weighted by Gasteiger charge is 2.38. The zero-order valence-electron chi connectivity index (χ0n) is 13.2. The van der Waals surface area contributed by atoms with Crippen molar-refractivity contribution >= 4 is 5.97 Å². The molecule has 2 N–H and O–H groups in total. The molecule has 1 saturated carbocycles. The molecule has 112 valence electrons. The van der Waals surface area contributed by atoms with Crippen LogP contribution in [0.4, 0.5) is 0 Å². The Balaban J connectivity index is 2.63. The second kappa shape index (κ2) is 6.23. The van der Waals surface area contributed by atoms with Gasteiger partial charge in [0.1, 0.15) is 5.60 Å². The molecule has 0 aliphatic heterocycles. The van der Waals surface area contributed by atoms with Crippen LogP contribution in [0, 0.1) is 5.92 Å². The second-order valence-corrected chi connectivity index (χ2v) is 7.07. The van der Waals surface area contributed by atoms with Crippen molar-refractivity contribution < 1.29 is 9.53 Å². The van der Waals surface area contributed by atoms with Gasteiger partial charge in [-0.2, -0.15) is 0 Å². The Hall–Kier alpha value is -0.610. The molecule has 1 fully saturated rings. The predicted molar refractivity (Wildman–Crippen MR) is 77.9 cm³/mol. The van der Waals surface area contributed by atoms with Gasteiger partial charge in [-0.1, -0.05) is 19.8 Å². The molecule has 0 spiro atoms. The monoisotopic (exact) mass is 270 g/mol. The minimum absolute atomic E-state index is 0.0332. The molecular weight excluding hydrogens is 240 g/mol. The Labute approximate surface area is 117 Å². The first-order valence-corrected chi connectivity index (χ1v) is 7.32. The molecule has 0 amide bonds. The van der Waals surface area contributed by atoms with Gasteiger partial charge in [0.15, 0.2) is 0 Å². The van der Waals surface area contributed by atoms with Crippen molar-refractivity contribution in [2.24, 2.45) is 11.7 Å². The van der Waals surface area contributed by atoms with Crippen molar-refractivity contribution in [1.82, 2.24) is 4.90 Å². The zero-order chi connectivity index (χ0) is 14.7. The van der Waals surface area contributed by atoms with E-state index in [9.17, 15) is 4.79 Å². The van der Waals surface area contributed by atoms with E-state index < -0.39 is 5.60 Å². The van der Waals surface area contributed by atoms with E-state index in [2.05, 4.69) is 11.8 Å². The summed E-state index contributed by atoms with van der Waals surface area (Å²) in [6.45, 7) is 8.88. The van der Waals surface area contributed by atoms with Crippen molar-refractivity contribution in [1.29, 1.82) is 0 Å². The molecule has 1 rings (SSSR count). The van der Waals surface area contributed by atoms with Gasteiger partial charge in [-0.3, -0.25) is 9.69 Å². The quantitative estimate of drug-likeness (QED) is 0.795. The SMILES string of the molecule is CC1CCCC(CN)(N(C)CC(=O)OC(C)(C)C)C1. The number of nitrogens with zero attached hydrogens (tertiary/aromatic N) is 1. The maximum absolute atomic E-state index is 11.9. The molecule has 0 aromatic heterocycles. The van der Waals surface area contributed by atoms with Crippen LogP contribution in [0.15, 0.2) is 0 Å². The topological polar surface area (TPSA) is 55.6 Å². The molecule has 1 aliphatic carbocycles. The normalized spacial score (nSPS) is 28.5. The van der Waals surface area contributed by atoms with Gasteiger partial charge in [0.05, 0.1) is 6.54 Å². The van der Waals surface area contributed by atoms with Crippen molar-refractivity contribution in [2.45, 2.75) is 64.5 Å². The molecule has 2 unspecified atom stereocenters. The first-order valence-electron chi connectivity index (χ1n) is 7.32. The Morgan fingerprint density at radius 3 is 2.58 bits per heavy atom. The van der Waals surface area contributed by atoms with E-state index in [1.807, 2.05) is 27.8 Å². The van der Waals surface area contributed by atoms with E-state index in [1.54, 1.807) is 0 Å².